The molecular weight excluding hydrogens is 324 g/mol. The fourth-order valence-corrected chi connectivity index (χ4v) is 3.00. The normalized spacial score (nSPS) is 18.2. The summed E-state index contributed by atoms with van der Waals surface area (Å²) in [5.41, 5.74) is 2.58. The number of hydrogen-bond donors (Lipinski definition) is 0. The van der Waals surface area contributed by atoms with Crippen molar-refractivity contribution in [2.75, 3.05) is 19.8 Å². The molecule has 1 aliphatic heterocycles. The number of hydrogen-bond acceptors (Lipinski definition) is 3. The monoisotopic (exact) mass is 352 g/mol. The molecule has 1 heterocycles. The van der Waals surface area contributed by atoms with Crippen molar-refractivity contribution in [2.45, 2.75) is 37.6 Å². The molecule has 3 nitrogen and oxygen atoms in total. The van der Waals surface area contributed by atoms with Gasteiger partial charge in [-0.2, -0.15) is 0 Å². The molecule has 3 atom stereocenters. The summed E-state index contributed by atoms with van der Waals surface area (Å²) >= 11 is 0. The van der Waals surface area contributed by atoms with E-state index in [0.29, 0.717) is 13.2 Å². The first-order chi connectivity index (χ1) is 12.8. The number of rotatable bonds is 12. The molecule has 0 aromatic heterocycles. The van der Waals surface area contributed by atoms with Gasteiger partial charge in [0.25, 0.3) is 0 Å². The highest BCUT2D eigenvalue weighted by atomic mass is 16.6. The fraction of sp³-hybridized carbons (Fsp3) is 0.391. The molecule has 0 amide bonds. The van der Waals surface area contributed by atoms with Crippen LogP contribution in [0.25, 0.3) is 0 Å². The summed E-state index contributed by atoms with van der Waals surface area (Å²) in [6.45, 7) is 6.09. The van der Waals surface area contributed by atoms with Crippen molar-refractivity contribution in [1.29, 1.82) is 0 Å². The van der Waals surface area contributed by atoms with Gasteiger partial charge in [-0.15, -0.1) is 6.58 Å². The Morgan fingerprint density at radius 3 is 1.96 bits per heavy atom. The van der Waals surface area contributed by atoms with E-state index in [1.54, 1.807) is 0 Å². The molecule has 0 aliphatic carbocycles. The summed E-state index contributed by atoms with van der Waals surface area (Å²) in [6.07, 6.45) is 4.75. The Morgan fingerprint density at radius 2 is 1.46 bits per heavy atom. The lowest BCUT2D eigenvalue weighted by Crippen LogP contribution is -2.28. The zero-order chi connectivity index (χ0) is 18.0. The Bertz CT molecular complexity index is 637. The maximum Gasteiger partial charge on any atom is 0.107 e. The summed E-state index contributed by atoms with van der Waals surface area (Å²) in [5.74, 6) is 0. The maximum atomic E-state index is 6.11. The average molecular weight is 352 g/mol. The van der Waals surface area contributed by atoms with Gasteiger partial charge >= 0.3 is 0 Å². The third-order valence-electron chi connectivity index (χ3n) is 4.63. The topological polar surface area (TPSA) is 31.0 Å². The average Bonchev–Trinajstić information content (AvgIpc) is 3.53. The SMILES string of the molecule is C=CC(CC(OCCc1ccccc1)C1CO1)OCCc1ccccc1. The molecule has 0 saturated carbocycles. The summed E-state index contributed by atoms with van der Waals surface area (Å²) < 4.78 is 17.6. The van der Waals surface area contributed by atoms with E-state index in [4.69, 9.17) is 14.2 Å². The predicted molar refractivity (Wildman–Crippen MR) is 104 cm³/mol. The van der Waals surface area contributed by atoms with E-state index in [1.807, 2.05) is 18.2 Å². The smallest absolute Gasteiger partial charge is 0.107 e. The molecular formula is C23H28O3. The van der Waals surface area contributed by atoms with Gasteiger partial charge in [-0.1, -0.05) is 66.7 Å². The van der Waals surface area contributed by atoms with Crippen LogP contribution >= 0.6 is 0 Å². The fourth-order valence-electron chi connectivity index (χ4n) is 3.00. The van der Waals surface area contributed by atoms with Gasteiger partial charge in [-0.25, -0.2) is 0 Å². The lowest BCUT2D eigenvalue weighted by atomic mass is 10.1. The van der Waals surface area contributed by atoms with Gasteiger partial charge in [0.2, 0.25) is 0 Å². The standard InChI is InChI=1S/C23H28O3/c1-2-21(24-15-13-19-9-5-3-6-10-19)17-22(23-18-26-23)25-16-14-20-11-7-4-8-12-20/h2-12,21-23H,1,13-18H2. The summed E-state index contributed by atoms with van der Waals surface area (Å²) in [6, 6.07) is 20.8. The number of benzene rings is 2. The Hall–Kier alpha value is -1.94. The molecule has 0 N–H and O–H groups in total. The van der Waals surface area contributed by atoms with Gasteiger partial charge in [-0.3, -0.25) is 0 Å². The van der Waals surface area contributed by atoms with Gasteiger partial charge < -0.3 is 14.2 Å². The molecule has 1 fully saturated rings. The van der Waals surface area contributed by atoms with Crippen LogP contribution in [-0.4, -0.2) is 38.1 Å². The molecule has 1 saturated heterocycles. The molecule has 138 valence electrons. The summed E-state index contributed by atoms with van der Waals surface area (Å²) in [5, 5.41) is 0. The van der Waals surface area contributed by atoms with Gasteiger partial charge in [0.05, 0.1) is 32.0 Å². The highest BCUT2D eigenvalue weighted by Gasteiger charge is 2.34. The number of epoxide rings is 1. The van der Waals surface area contributed by atoms with Crippen molar-refractivity contribution < 1.29 is 14.2 Å². The Balaban J connectivity index is 1.41. The van der Waals surface area contributed by atoms with Crippen LogP contribution in [0.2, 0.25) is 0 Å². The van der Waals surface area contributed by atoms with Crippen molar-refractivity contribution in [3.05, 3.63) is 84.4 Å². The van der Waals surface area contributed by atoms with Gasteiger partial charge in [0, 0.05) is 6.42 Å². The van der Waals surface area contributed by atoms with Crippen molar-refractivity contribution >= 4 is 0 Å². The Kier molecular flexibility index (Phi) is 7.44. The van der Waals surface area contributed by atoms with E-state index in [9.17, 15) is 0 Å². The van der Waals surface area contributed by atoms with Crippen LogP contribution < -0.4 is 0 Å². The van der Waals surface area contributed by atoms with Gasteiger partial charge in [0.15, 0.2) is 0 Å². The minimum absolute atomic E-state index is 0.00959. The van der Waals surface area contributed by atoms with Crippen LogP contribution in [0.3, 0.4) is 0 Å². The first-order valence-corrected chi connectivity index (χ1v) is 9.40. The lowest BCUT2D eigenvalue weighted by molar-refractivity contribution is -0.0112. The molecule has 0 bridgehead atoms. The van der Waals surface area contributed by atoms with Gasteiger partial charge in [0.1, 0.15) is 6.10 Å². The van der Waals surface area contributed by atoms with Crippen LogP contribution in [-0.2, 0) is 27.1 Å². The third kappa shape index (κ3) is 6.41. The van der Waals surface area contributed by atoms with E-state index in [0.717, 1.165) is 25.9 Å². The maximum absolute atomic E-state index is 6.11. The van der Waals surface area contributed by atoms with Crippen LogP contribution in [0.4, 0.5) is 0 Å². The second kappa shape index (κ2) is 10.3. The second-order valence-corrected chi connectivity index (χ2v) is 6.63. The Morgan fingerprint density at radius 1 is 0.923 bits per heavy atom. The zero-order valence-electron chi connectivity index (χ0n) is 15.3. The molecule has 0 spiro atoms. The Labute approximate surface area is 156 Å². The quantitative estimate of drug-likeness (QED) is 0.423. The predicted octanol–water partition coefficient (Wildman–Crippen LogP) is 4.22. The zero-order valence-corrected chi connectivity index (χ0v) is 15.3. The minimum Gasteiger partial charge on any atom is -0.375 e. The van der Waals surface area contributed by atoms with Crippen LogP contribution in [0.15, 0.2) is 73.3 Å². The van der Waals surface area contributed by atoms with E-state index < -0.39 is 0 Å². The van der Waals surface area contributed by atoms with Crippen molar-refractivity contribution in [3.63, 3.8) is 0 Å². The second-order valence-electron chi connectivity index (χ2n) is 6.63. The molecule has 3 rings (SSSR count). The summed E-state index contributed by atoms with van der Waals surface area (Å²) in [7, 11) is 0. The van der Waals surface area contributed by atoms with E-state index >= 15 is 0 Å². The highest BCUT2D eigenvalue weighted by molar-refractivity contribution is 5.15. The van der Waals surface area contributed by atoms with Crippen LogP contribution in [0, 0.1) is 0 Å². The highest BCUT2D eigenvalue weighted by Crippen LogP contribution is 2.23. The largest absolute Gasteiger partial charge is 0.375 e. The van der Waals surface area contributed by atoms with E-state index in [2.05, 4.69) is 55.1 Å². The first kappa shape index (κ1) is 18.8. The third-order valence-corrected chi connectivity index (χ3v) is 4.63. The lowest BCUT2D eigenvalue weighted by Gasteiger charge is -2.21. The number of ether oxygens (including phenoxy) is 3. The minimum atomic E-state index is -0.00959. The molecule has 2 aromatic carbocycles. The van der Waals surface area contributed by atoms with Crippen LogP contribution in [0.5, 0.6) is 0 Å². The molecule has 3 unspecified atom stereocenters. The van der Waals surface area contributed by atoms with Gasteiger partial charge in [-0.05, 0) is 24.0 Å². The van der Waals surface area contributed by atoms with Crippen molar-refractivity contribution in [3.8, 4) is 0 Å². The van der Waals surface area contributed by atoms with E-state index in [1.165, 1.54) is 11.1 Å². The summed E-state index contributed by atoms with van der Waals surface area (Å²) in [4.78, 5) is 0. The molecule has 3 heteroatoms. The van der Waals surface area contributed by atoms with Crippen molar-refractivity contribution in [1.82, 2.24) is 0 Å². The van der Waals surface area contributed by atoms with E-state index in [-0.39, 0.29) is 18.3 Å². The molecule has 2 aromatic rings. The molecule has 26 heavy (non-hydrogen) atoms. The first-order valence-electron chi connectivity index (χ1n) is 9.40. The van der Waals surface area contributed by atoms with Crippen molar-refractivity contribution in [2.24, 2.45) is 0 Å². The molecule has 1 aliphatic rings. The van der Waals surface area contributed by atoms with Crippen LogP contribution in [0.1, 0.15) is 17.5 Å². The molecule has 0 radical (unpaired) electrons.